The number of aliphatic hydroxyl groups excluding tert-OH is 1. The minimum absolute atomic E-state index is 0.132. The molecule has 0 radical (unpaired) electrons. The number of carbonyl (C=O) groups is 2. The van der Waals surface area contributed by atoms with Gasteiger partial charge in [-0.15, -0.1) is 0 Å². The maximum atomic E-state index is 15.0. The van der Waals surface area contributed by atoms with Crippen LogP contribution in [-0.4, -0.2) is 62.2 Å². The summed E-state index contributed by atoms with van der Waals surface area (Å²) in [6.45, 7) is 10.6. The number of fused-ring (bicyclic) bond motifs is 1. The molecular weight excluding hydrogens is 447 g/mol. The zero-order valence-corrected chi connectivity index (χ0v) is 20.6. The summed E-state index contributed by atoms with van der Waals surface area (Å²) >= 11 is 0. The molecule has 35 heavy (non-hydrogen) atoms. The van der Waals surface area contributed by atoms with Gasteiger partial charge in [0.1, 0.15) is 17.2 Å². The molecule has 1 unspecified atom stereocenters. The molecule has 8 heteroatoms. The number of ketones is 1. The summed E-state index contributed by atoms with van der Waals surface area (Å²) in [4.78, 5) is 34.6. The van der Waals surface area contributed by atoms with Gasteiger partial charge in [0.15, 0.2) is 5.76 Å². The number of benzene rings is 1. The van der Waals surface area contributed by atoms with Gasteiger partial charge in [0.2, 0.25) is 0 Å². The Balaban J connectivity index is 1.83. The number of amides is 1. The number of hydrogen-bond acceptors (Lipinski definition) is 5. The first-order chi connectivity index (χ1) is 16.8. The van der Waals surface area contributed by atoms with Crippen molar-refractivity contribution in [2.24, 2.45) is 0 Å². The molecule has 1 aliphatic rings. The smallest absolute Gasteiger partial charge is 0.295 e. The fourth-order valence-corrected chi connectivity index (χ4v) is 4.81. The van der Waals surface area contributed by atoms with Gasteiger partial charge in [0, 0.05) is 18.3 Å². The highest BCUT2D eigenvalue weighted by Gasteiger charge is 2.47. The summed E-state index contributed by atoms with van der Waals surface area (Å²) in [6.07, 6.45) is 2.44. The maximum Gasteiger partial charge on any atom is 0.295 e. The Morgan fingerprint density at radius 2 is 1.83 bits per heavy atom. The average molecular weight is 479 g/mol. The summed E-state index contributed by atoms with van der Waals surface area (Å²) in [5, 5.41) is 11.4. The molecule has 0 bridgehead atoms. The highest BCUT2D eigenvalue weighted by Crippen LogP contribution is 2.40. The van der Waals surface area contributed by atoms with E-state index in [-0.39, 0.29) is 29.1 Å². The van der Waals surface area contributed by atoms with Gasteiger partial charge in [0.05, 0.1) is 17.3 Å². The van der Waals surface area contributed by atoms with Crippen LogP contribution in [-0.2, 0) is 9.59 Å². The van der Waals surface area contributed by atoms with Gasteiger partial charge < -0.3 is 19.3 Å². The van der Waals surface area contributed by atoms with E-state index in [2.05, 4.69) is 23.7 Å². The number of likely N-dealkylation sites (tertiary alicyclic amines) is 1. The van der Waals surface area contributed by atoms with Crippen LogP contribution in [0, 0.1) is 19.7 Å². The Bertz CT molecular complexity index is 1310. The summed E-state index contributed by atoms with van der Waals surface area (Å²) < 4.78 is 16.8. The van der Waals surface area contributed by atoms with Crippen molar-refractivity contribution in [3.8, 4) is 0 Å². The van der Waals surface area contributed by atoms with Gasteiger partial charge >= 0.3 is 0 Å². The van der Waals surface area contributed by atoms with Crippen molar-refractivity contribution in [2.75, 3.05) is 26.2 Å². The zero-order valence-electron chi connectivity index (χ0n) is 20.6. The molecule has 1 amide bonds. The molecule has 1 N–H and O–H groups in total. The van der Waals surface area contributed by atoms with E-state index in [9.17, 15) is 19.1 Å². The van der Waals surface area contributed by atoms with Crippen LogP contribution < -0.4 is 0 Å². The fraction of sp³-hybridized carbons (Fsp3) is 0.370. The fourth-order valence-electron chi connectivity index (χ4n) is 4.81. The quantitative estimate of drug-likeness (QED) is 0.298. The van der Waals surface area contributed by atoms with Crippen LogP contribution in [0.3, 0.4) is 0 Å². The Morgan fingerprint density at radius 1 is 1.11 bits per heavy atom. The lowest BCUT2D eigenvalue weighted by molar-refractivity contribution is -0.140. The first kappa shape index (κ1) is 24.6. The minimum atomic E-state index is -1.03. The zero-order chi connectivity index (χ0) is 25.3. The van der Waals surface area contributed by atoms with E-state index >= 15 is 0 Å². The molecule has 0 spiro atoms. The van der Waals surface area contributed by atoms with Crippen molar-refractivity contribution in [2.45, 2.75) is 40.2 Å². The van der Waals surface area contributed by atoms with E-state index < -0.39 is 23.5 Å². The van der Waals surface area contributed by atoms with E-state index in [1.165, 1.54) is 11.0 Å². The van der Waals surface area contributed by atoms with Crippen molar-refractivity contribution in [3.05, 3.63) is 76.5 Å². The molecule has 1 aromatic carbocycles. The maximum absolute atomic E-state index is 15.0. The number of nitrogens with zero attached hydrogens (tertiary/aromatic N) is 4. The standard InChI is InChI=1S/C27H31FN4O3/c1-5-30(6-2)14-10-16-32-23(19-12-7-8-13-20(19)28)21(25(34)27(32)35)24(33)22-18(4)31-15-9-11-17(3)26(31)29-22/h7-9,11-13,15,23,33H,5-6,10,14,16H2,1-4H3/b24-21+. The molecule has 1 aliphatic heterocycles. The van der Waals surface area contributed by atoms with Crippen LogP contribution in [0.15, 0.2) is 48.2 Å². The number of aryl methyl sites for hydroxylation is 2. The number of Topliss-reactive ketones (excluding diaryl/α,β-unsaturated/α-hetero) is 1. The average Bonchev–Trinajstić information content (AvgIpc) is 3.32. The second-order valence-corrected chi connectivity index (χ2v) is 8.83. The topological polar surface area (TPSA) is 78.2 Å². The molecule has 2 aromatic heterocycles. The lowest BCUT2D eigenvalue weighted by Gasteiger charge is -2.27. The Morgan fingerprint density at radius 3 is 2.49 bits per heavy atom. The largest absolute Gasteiger partial charge is 0.505 e. The summed E-state index contributed by atoms with van der Waals surface area (Å²) in [7, 11) is 0. The third kappa shape index (κ3) is 4.34. The van der Waals surface area contributed by atoms with E-state index in [1.807, 2.05) is 29.7 Å². The van der Waals surface area contributed by atoms with Gasteiger partial charge in [0.25, 0.3) is 11.7 Å². The second-order valence-electron chi connectivity index (χ2n) is 8.83. The highest BCUT2D eigenvalue weighted by molar-refractivity contribution is 6.46. The number of rotatable bonds is 8. The number of aliphatic hydroxyl groups is 1. The van der Waals surface area contributed by atoms with Crippen LogP contribution in [0.2, 0.25) is 0 Å². The molecular formula is C27H31FN4O3. The summed E-state index contributed by atoms with van der Waals surface area (Å²) in [5.74, 6) is -2.49. The SMILES string of the molecule is CCN(CC)CCCN1C(=O)C(=O)/C(=C(/O)c2nc3c(C)cccn3c2C)C1c1ccccc1F. The predicted molar refractivity (Wildman–Crippen MR) is 132 cm³/mol. The monoisotopic (exact) mass is 478 g/mol. The second kappa shape index (κ2) is 10.00. The number of halogens is 1. The number of pyridine rings is 1. The molecule has 1 fully saturated rings. The van der Waals surface area contributed by atoms with E-state index in [4.69, 9.17) is 0 Å². The first-order valence-corrected chi connectivity index (χ1v) is 12.0. The Hall–Kier alpha value is -3.52. The van der Waals surface area contributed by atoms with E-state index in [0.717, 1.165) is 25.2 Å². The molecule has 4 rings (SSSR count). The number of imidazole rings is 1. The lowest BCUT2D eigenvalue weighted by Crippen LogP contribution is -2.33. The van der Waals surface area contributed by atoms with Crippen LogP contribution >= 0.6 is 0 Å². The van der Waals surface area contributed by atoms with Crippen LogP contribution in [0.4, 0.5) is 4.39 Å². The molecule has 1 atom stereocenters. The summed E-state index contributed by atoms with van der Waals surface area (Å²) in [6, 6.07) is 8.81. The molecule has 3 aromatic rings. The van der Waals surface area contributed by atoms with Crippen molar-refractivity contribution in [3.63, 3.8) is 0 Å². The van der Waals surface area contributed by atoms with Crippen LogP contribution in [0.1, 0.15) is 48.8 Å². The van der Waals surface area contributed by atoms with Gasteiger partial charge in [-0.3, -0.25) is 9.59 Å². The van der Waals surface area contributed by atoms with Gasteiger partial charge in [-0.1, -0.05) is 38.1 Å². The van der Waals surface area contributed by atoms with Crippen LogP contribution in [0.5, 0.6) is 0 Å². The van der Waals surface area contributed by atoms with E-state index in [0.29, 0.717) is 17.8 Å². The van der Waals surface area contributed by atoms with Gasteiger partial charge in [-0.05, 0) is 57.6 Å². The third-order valence-corrected chi connectivity index (χ3v) is 6.82. The first-order valence-electron chi connectivity index (χ1n) is 12.0. The Labute approximate surface area is 204 Å². The molecule has 0 aliphatic carbocycles. The summed E-state index contributed by atoms with van der Waals surface area (Å²) in [5.41, 5.74) is 2.42. The number of hydrogen-bond donors (Lipinski definition) is 1. The van der Waals surface area contributed by atoms with Crippen molar-refractivity contribution < 1.29 is 19.1 Å². The number of carbonyl (C=O) groups excluding carboxylic acids is 2. The molecule has 7 nitrogen and oxygen atoms in total. The van der Waals surface area contributed by atoms with Crippen molar-refractivity contribution in [1.82, 2.24) is 19.2 Å². The van der Waals surface area contributed by atoms with Gasteiger partial charge in [-0.2, -0.15) is 0 Å². The molecule has 184 valence electrons. The van der Waals surface area contributed by atoms with Crippen molar-refractivity contribution in [1.29, 1.82) is 0 Å². The normalized spacial score (nSPS) is 17.8. The highest BCUT2D eigenvalue weighted by atomic mass is 19.1. The molecule has 1 saturated heterocycles. The minimum Gasteiger partial charge on any atom is -0.505 e. The van der Waals surface area contributed by atoms with Gasteiger partial charge in [-0.25, -0.2) is 9.37 Å². The van der Waals surface area contributed by atoms with Crippen LogP contribution in [0.25, 0.3) is 11.4 Å². The Kier molecular flexibility index (Phi) is 7.03. The number of aromatic nitrogens is 2. The lowest BCUT2D eigenvalue weighted by atomic mass is 9.96. The third-order valence-electron chi connectivity index (χ3n) is 6.82. The molecule has 3 heterocycles. The predicted octanol–water partition coefficient (Wildman–Crippen LogP) is 4.24. The van der Waals surface area contributed by atoms with Crippen molar-refractivity contribution >= 4 is 23.1 Å². The molecule has 0 saturated carbocycles. The van der Waals surface area contributed by atoms with E-state index in [1.54, 1.807) is 25.1 Å².